The van der Waals surface area contributed by atoms with Gasteiger partial charge in [-0.05, 0) is 36.8 Å². The third kappa shape index (κ3) is 3.49. The number of hydrogen-bond acceptors (Lipinski definition) is 3. The first-order valence-corrected chi connectivity index (χ1v) is 7.91. The molecule has 2 aromatic carbocycles. The molecule has 5 heteroatoms. The Bertz CT molecular complexity index is 829. The van der Waals surface area contributed by atoms with Gasteiger partial charge < -0.3 is 9.84 Å². The van der Waals surface area contributed by atoms with Gasteiger partial charge in [0, 0.05) is 0 Å². The summed E-state index contributed by atoms with van der Waals surface area (Å²) >= 11 is 6.11. The zero-order chi connectivity index (χ0) is 16.4. The molecule has 0 bridgehead atoms. The molecule has 0 fully saturated rings. The second-order valence-electron chi connectivity index (χ2n) is 5.64. The maximum absolute atomic E-state index is 10.2. The van der Waals surface area contributed by atoms with Gasteiger partial charge in [-0.1, -0.05) is 41.9 Å². The molecule has 0 radical (unpaired) electrons. The van der Waals surface area contributed by atoms with Crippen molar-refractivity contribution in [2.24, 2.45) is 0 Å². The Morgan fingerprint density at radius 1 is 1.17 bits per heavy atom. The van der Waals surface area contributed by atoms with Gasteiger partial charge in [0.05, 0.1) is 23.0 Å². The molecule has 4 nitrogen and oxygen atoms in total. The predicted molar refractivity (Wildman–Crippen MR) is 92.2 cm³/mol. The molecule has 3 rings (SSSR count). The summed E-state index contributed by atoms with van der Waals surface area (Å²) in [6.07, 6.45) is -0.657. The minimum Gasteiger partial charge on any atom is -0.491 e. The fourth-order valence-corrected chi connectivity index (χ4v) is 2.69. The Morgan fingerprint density at radius 2 is 1.91 bits per heavy atom. The van der Waals surface area contributed by atoms with E-state index in [1.807, 2.05) is 50.2 Å². The van der Waals surface area contributed by atoms with Crippen LogP contribution in [0.5, 0.6) is 5.75 Å². The van der Waals surface area contributed by atoms with Crippen molar-refractivity contribution in [3.05, 3.63) is 58.9 Å². The van der Waals surface area contributed by atoms with Crippen LogP contribution in [0.1, 0.15) is 11.4 Å². The number of rotatable bonds is 5. The van der Waals surface area contributed by atoms with E-state index >= 15 is 0 Å². The number of ether oxygens (including phenoxy) is 1. The van der Waals surface area contributed by atoms with E-state index in [1.165, 1.54) is 0 Å². The topological polar surface area (TPSA) is 47.3 Å². The lowest BCUT2D eigenvalue weighted by Gasteiger charge is -2.14. The summed E-state index contributed by atoms with van der Waals surface area (Å²) < 4.78 is 7.42. The van der Waals surface area contributed by atoms with Gasteiger partial charge in [0.2, 0.25) is 0 Å². The predicted octanol–water partition coefficient (Wildman–Crippen LogP) is 3.75. The standard InChI is InChI=1S/C18H19ClN2O2/c1-12-18(19)13(2)21(20-12)10-16(22)11-23-17-8-7-14-5-3-4-6-15(14)9-17/h3-9,16,22H,10-11H2,1-2H3/t16-/m0/s1. The number of benzene rings is 2. The zero-order valence-corrected chi connectivity index (χ0v) is 13.9. The van der Waals surface area contributed by atoms with Crippen LogP contribution in [0, 0.1) is 13.8 Å². The van der Waals surface area contributed by atoms with Crippen LogP contribution in [0.25, 0.3) is 10.8 Å². The number of aliphatic hydroxyl groups excluding tert-OH is 1. The second-order valence-corrected chi connectivity index (χ2v) is 6.02. The Balaban J connectivity index is 1.63. The quantitative estimate of drug-likeness (QED) is 0.775. The zero-order valence-electron chi connectivity index (χ0n) is 13.2. The molecular formula is C18H19ClN2O2. The maximum Gasteiger partial charge on any atom is 0.120 e. The van der Waals surface area contributed by atoms with Crippen LogP contribution in [-0.2, 0) is 6.54 Å². The fourth-order valence-electron chi connectivity index (χ4n) is 2.55. The number of hydrogen-bond donors (Lipinski definition) is 1. The summed E-state index contributed by atoms with van der Waals surface area (Å²) in [7, 11) is 0. The van der Waals surface area contributed by atoms with Gasteiger partial charge in [0.15, 0.2) is 0 Å². The van der Waals surface area contributed by atoms with E-state index in [2.05, 4.69) is 11.2 Å². The SMILES string of the molecule is Cc1nn(C[C@H](O)COc2ccc3ccccc3c2)c(C)c1Cl. The highest BCUT2D eigenvalue weighted by molar-refractivity contribution is 6.31. The summed E-state index contributed by atoms with van der Waals surface area (Å²) in [6.45, 7) is 4.30. The first-order chi connectivity index (χ1) is 11.0. The Labute approximate surface area is 140 Å². The molecule has 120 valence electrons. The molecule has 1 heterocycles. The number of aliphatic hydroxyl groups is 1. The smallest absolute Gasteiger partial charge is 0.120 e. The van der Waals surface area contributed by atoms with Crippen LogP contribution in [-0.4, -0.2) is 27.6 Å². The van der Waals surface area contributed by atoms with Crippen molar-refractivity contribution in [2.45, 2.75) is 26.5 Å². The molecule has 0 saturated heterocycles. The number of aryl methyl sites for hydroxylation is 1. The minimum atomic E-state index is -0.657. The van der Waals surface area contributed by atoms with Gasteiger partial charge in [-0.2, -0.15) is 5.10 Å². The molecule has 23 heavy (non-hydrogen) atoms. The van der Waals surface area contributed by atoms with E-state index in [0.717, 1.165) is 27.9 Å². The molecular weight excluding hydrogens is 312 g/mol. The van der Waals surface area contributed by atoms with Crippen LogP contribution >= 0.6 is 11.6 Å². The third-order valence-electron chi connectivity index (χ3n) is 3.84. The van der Waals surface area contributed by atoms with Crippen LogP contribution in [0.3, 0.4) is 0 Å². The van der Waals surface area contributed by atoms with Crippen molar-refractivity contribution in [3.8, 4) is 5.75 Å². The van der Waals surface area contributed by atoms with Crippen molar-refractivity contribution in [1.82, 2.24) is 9.78 Å². The third-order valence-corrected chi connectivity index (χ3v) is 4.39. The van der Waals surface area contributed by atoms with E-state index in [0.29, 0.717) is 11.6 Å². The summed E-state index contributed by atoms with van der Waals surface area (Å²) in [4.78, 5) is 0. The number of aromatic nitrogens is 2. The molecule has 3 aromatic rings. The number of nitrogens with zero attached hydrogens (tertiary/aromatic N) is 2. The van der Waals surface area contributed by atoms with Gasteiger partial charge in [-0.25, -0.2) is 0 Å². The van der Waals surface area contributed by atoms with Gasteiger partial charge >= 0.3 is 0 Å². The number of halogens is 1. The Morgan fingerprint density at radius 3 is 2.61 bits per heavy atom. The minimum absolute atomic E-state index is 0.203. The lowest BCUT2D eigenvalue weighted by Crippen LogP contribution is -2.24. The van der Waals surface area contributed by atoms with Crippen LogP contribution in [0.15, 0.2) is 42.5 Å². The van der Waals surface area contributed by atoms with Crippen molar-refractivity contribution < 1.29 is 9.84 Å². The van der Waals surface area contributed by atoms with Crippen LogP contribution in [0.4, 0.5) is 0 Å². The fraction of sp³-hybridized carbons (Fsp3) is 0.278. The van der Waals surface area contributed by atoms with Crippen molar-refractivity contribution in [2.75, 3.05) is 6.61 Å². The highest BCUT2D eigenvalue weighted by atomic mass is 35.5. The molecule has 0 aliphatic heterocycles. The average molecular weight is 331 g/mol. The summed E-state index contributed by atoms with van der Waals surface area (Å²) in [6, 6.07) is 14.0. The molecule has 0 aliphatic carbocycles. The highest BCUT2D eigenvalue weighted by Crippen LogP contribution is 2.21. The van der Waals surface area contributed by atoms with Crippen molar-refractivity contribution in [1.29, 1.82) is 0 Å². The largest absolute Gasteiger partial charge is 0.491 e. The summed E-state index contributed by atoms with van der Waals surface area (Å²) in [5.41, 5.74) is 1.63. The van der Waals surface area contributed by atoms with Crippen LogP contribution < -0.4 is 4.74 Å². The molecule has 1 atom stereocenters. The van der Waals surface area contributed by atoms with Gasteiger partial charge in [0.1, 0.15) is 18.5 Å². The molecule has 0 unspecified atom stereocenters. The first kappa shape index (κ1) is 15.8. The van der Waals surface area contributed by atoms with E-state index in [4.69, 9.17) is 16.3 Å². The lowest BCUT2D eigenvalue weighted by molar-refractivity contribution is 0.0888. The normalized spacial score (nSPS) is 12.5. The van der Waals surface area contributed by atoms with Crippen molar-refractivity contribution >= 4 is 22.4 Å². The summed E-state index contributed by atoms with van der Waals surface area (Å²) in [5, 5.41) is 17.4. The first-order valence-electron chi connectivity index (χ1n) is 7.54. The Hall–Kier alpha value is -2.04. The number of fused-ring (bicyclic) bond motifs is 1. The molecule has 0 saturated carbocycles. The van der Waals surface area contributed by atoms with Gasteiger partial charge in [-0.3, -0.25) is 4.68 Å². The van der Waals surface area contributed by atoms with Gasteiger partial charge in [0.25, 0.3) is 0 Å². The molecule has 0 amide bonds. The summed E-state index contributed by atoms with van der Waals surface area (Å²) in [5.74, 6) is 0.745. The van der Waals surface area contributed by atoms with Crippen molar-refractivity contribution in [3.63, 3.8) is 0 Å². The highest BCUT2D eigenvalue weighted by Gasteiger charge is 2.13. The lowest BCUT2D eigenvalue weighted by atomic mass is 10.1. The molecule has 0 aliphatic rings. The molecule has 1 N–H and O–H groups in total. The second kappa shape index (κ2) is 6.60. The maximum atomic E-state index is 10.2. The van der Waals surface area contributed by atoms with E-state index < -0.39 is 6.10 Å². The van der Waals surface area contributed by atoms with E-state index in [9.17, 15) is 5.11 Å². The van der Waals surface area contributed by atoms with Gasteiger partial charge in [-0.15, -0.1) is 0 Å². The molecule has 1 aromatic heterocycles. The average Bonchev–Trinajstić information content (AvgIpc) is 2.80. The van der Waals surface area contributed by atoms with E-state index in [-0.39, 0.29) is 6.61 Å². The Kier molecular flexibility index (Phi) is 4.55. The van der Waals surface area contributed by atoms with E-state index in [1.54, 1.807) is 4.68 Å². The molecule has 0 spiro atoms. The van der Waals surface area contributed by atoms with Crippen LogP contribution in [0.2, 0.25) is 5.02 Å². The monoisotopic (exact) mass is 330 g/mol.